The van der Waals surface area contributed by atoms with Crippen molar-refractivity contribution in [1.82, 2.24) is 15.1 Å². The zero-order chi connectivity index (χ0) is 13.1. The summed E-state index contributed by atoms with van der Waals surface area (Å²) >= 11 is 1.61. The third kappa shape index (κ3) is 3.18. The van der Waals surface area contributed by atoms with Gasteiger partial charge in [0.1, 0.15) is 0 Å². The number of carbonyl (C=O) groups is 1. The van der Waals surface area contributed by atoms with Gasteiger partial charge in [0.25, 0.3) is 5.22 Å². The number of nitrogens with zero attached hydrogens (tertiary/aromatic N) is 3. The molecule has 0 spiro atoms. The molecule has 0 N–H and O–H groups in total. The second-order valence-corrected chi connectivity index (χ2v) is 6.09. The van der Waals surface area contributed by atoms with Gasteiger partial charge in [0.05, 0.1) is 6.54 Å². The molecule has 1 fully saturated rings. The lowest BCUT2D eigenvalue weighted by molar-refractivity contribution is -0.128. The van der Waals surface area contributed by atoms with Gasteiger partial charge in [-0.3, -0.25) is 4.79 Å². The maximum absolute atomic E-state index is 11.5. The van der Waals surface area contributed by atoms with E-state index in [4.69, 9.17) is 4.42 Å². The second kappa shape index (κ2) is 5.77. The normalized spacial score (nSPS) is 23.3. The number of aromatic nitrogens is 2. The summed E-state index contributed by atoms with van der Waals surface area (Å²) in [5, 5.41) is 9.13. The maximum Gasteiger partial charge on any atom is 0.277 e. The molecule has 1 aromatic rings. The van der Waals surface area contributed by atoms with Gasteiger partial charge in [-0.2, -0.15) is 0 Å². The van der Waals surface area contributed by atoms with E-state index in [0.717, 1.165) is 19.4 Å². The summed E-state index contributed by atoms with van der Waals surface area (Å²) in [7, 11) is 0. The lowest BCUT2D eigenvalue weighted by Crippen LogP contribution is -2.23. The molecule has 0 aromatic carbocycles. The Hall–Kier alpha value is -1.30. The van der Waals surface area contributed by atoms with Crippen LogP contribution >= 0.6 is 11.8 Å². The van der Waals surface area contributed by atoms with Gasteiger partial charge in [-0.1, -0.05) is 23.9 Å². The van der Waals surface area contributed by atoms with Gasteiger partial charge in [0.2, 0.25) is 11.8 Å². The van der Waals surface area contributed by atoms with E-state index >= 15 is 0 Å². The first-order valence-corrected chi connectivity index (χ1v) is 7.63. The minimum atomic E-state index is 0.183. The van der Waals surface area contributed by atoms with Gasteiger partial charge in [-0.25, -0.2) is 0 Å². The van der Waals surface area contributed by atoms with Gasteiger partial charge in [-0.05, 0) is 25.7 Å². The predicted octanol–water partition coefficient (Wildman–Crippen LogP) is 2.39. The van der Waals surface area contributed by atoms with Crippen LogP contribution in [0.1, 0.15) is 38.0 Å². The van der Waals surface area contributed by atoms with Crippen molar-refractivity contribution in [3.8, 4) is 0 Å². The van der Waals surface area contributed by atoms with Crippen molar-refractivity contribution in [3.05, 3.63) is 18.0 Å². The summed E-state index contributed by atoms with van der Waals surface area (Å²) in [6.45, 7) is 1.25. The molecule has 1 aliphatic heterocycles. The number of hydrogen-bond acceptors (Lipinski definition) is 5. The van der Waals surface area contributed by atoms with Crippen LogP contribution < -0.4 is 0 Å². The quantitative estimate of drug-likeness (QED) is 0.792. The highest BCUT2D eigenvalue weighted by Gasteiger charge is 2.23. The Labute approximate surface area is 116 Å². The third-order valence-corrected chi connectivity index (χ3v) is 4.47. The molecule has 5 nitrogen and oxygen atoms in total. The summed E-state index contributed by atoms with van der Waals surface area (Å²) in [5.74, 6) is 0.722. The Kier molecular flexibility index (Phi) is 3.87. The van der Waals surface area contributed by atoms with Crippen LogP contribution in [0.5, 0.6) is 0 Å². The summed E-state index contributed by atoms with van der Waals surface area (Å²) in [4.78, 5) is 13.3. The molecule has 0 bridgehead atoms. The highest BCUT2D eigenvalue weighted by atomic mass is 32.2. The lowest BCUT2D eigenvalue weighted by Gasteiger charge is -2.13. The fraction of sp³-hybridized carbons (Fsp3) is 0.615. The topological polar surface area (TPSA) is 59.2 Å². The Bertz CT molecular complexity index is 486. The molecule has 2 aliphatic rings. The molecule has 2 heterocycles. The fourth-order valence-electron chi connectivity index (χ4n) is 2.39. The first-order valence-electron chi connectivity index (χ1n) is 6.75. The minimum Gasteiger partial charge on any atom is -0.414 e. The van der Waals surface area contributed by atoms with Crippen molar-refractivity contribution in [2.45, 2.75) is 49.1 Å². The lowest BCUT2D eigenvalue weighted by atomic mass is 10.1. The van der Waals surface area contributed by atoms with Crippen LogP contribution in [0.15, 0.2) is 21.8 Å². The van der Waals surface area contributed by atoms with Crippen LogP contribution in [0.3, 0.4) is 0 Å². The summed E-state index contributed by atoms with van der Waals surface area (Å²) in [5.41, 5.74) is 0. The largest absolute Gasteiger partial charge is 0.414 e. The monoisotopic (exact) mass is 279 g/mol. The van der Waals surface area contributed by atoms with E-state index in [9.17, 15) is 4.79 Å². The summed E-state index contributed by atoms with van der Waals surface area (Å²) < 4.78 is 5.61. The molecule has 3 rings (SSSR count). The van der Waals surface area contributed by atoms with Crippen molar-refractivity contribution in [2.75, 3.05) is 6.54 Å². The zero-order valence-electron chi connectivity index (χ0n) is 10.7. The summed E-state index contributed by atoms with van der Waals surface area (Å²) in [6.07, 6.45) is 9.54. The molecule has 0 radical (unpaired) electrons. The highest BCUT2D eigenvalue weighted by Crippen LogP contribution is 2.29. The molecule has 1 atom stereocenters. The van der Waals surface area contributed by atoms with Gasteiger partial charge in [0.15, 0.2) is 0 Å². The van der Waals surface area contributed by atoms with E-state index in [0.29, 0.717) is 29.3 Å². The number of hydrogen-bond donors (Lipinski definition) is 0. The van der Waals surface area contributed by atoms with Crippen molar-refractivity contribution in [1.29, 1.82) is 0 Å². The Morgan fingerprint density at radius 1 is 1.42 bits per heavy atom. The average molecular weight is 279 g/mol. The van der Waals surface area contributed by atoms with Crippen LogP contribution in [0, 0.1) is 0 Å². The second-order valence-electron chi connectivity index (χ2n) is 4.90. The number of amides is 1. The zero-order valence-corrected chi connectivity index (χ0v) is 11.6. The van der Waals surface area contributed by atoms with E-state index in [1.165, 1.54) is 12.8 Å². The molecule has 0 unspecified atom stereocenters. The van der Waals surface area contributed by atoms with E-state index in [2.05, 4.69) is 22.3 Å². The van der Waals surface area contributed by atoms with Gasteiger partial charge < -0.3 is 9.32 Å². The van der Waals surface area contributed by atoms with Crippen molar-refractivity contribution < 1.29 is 9.21 Å². The van der Waals surface area contributed by atoms with Crippen LogP contribution in [0.4, 0.5) is 0 Å². The van der Waals surface area contributed by atoms with Crippen LogP contribution in [-0.4, -0.2) is 32.8 Å². The van der Waals surface area contributed by atoms with E-state index < -0.39 is 0 Å². The van der Waals surface area contributed by atoms with Gasteiger partial charge in [-0.15, -0.1) is 10.2 Å². The standard InChI is InChI=1S/C13H17N3O2S/c17-12-7-4-8-16(12)9-11-14-15-13(18-11)19-10-5-2-1-3-6-10/h2,5,10H,1,3-4,6-9H2/t10-/m1/s1. The smallest absolute Gasteiger partial charge is 0.277 e. The van der Waals surface area contributed by atoms with Crippen LogP contribution in [0.2, 0.25) is 0 Å². The number of rotatable bonds is 4. The first-order chi connectivity index (χ1) is 9.31. The molecule has 1 aliphatic carbocycles. The molecular formula is C13H17N3O2S. The summed E-state index contributed by atoms with van der Waals surface area (Å²) in [6, 6.07) is 0. The number of thioether (sulfide) groups is 1. The van der Waals surface area contributed by atoms with E-state index in [1.54, 1.807) is 16.7 Å². The van der Waals surface area contributed by atoms with E-state index in [-0.39, 0.29) is 5.91 Å². The number of allylic oxidation sites excluding steroid dienone is 1. The van der Waals surface area contributed by atoms with Crippen molar-refractivity contribution in [2.24, 2.45) is 0 Å². The van der Waals surface area contributed by atoms with Crippen molar-refractivity contribution >= 4 is 17.7 Å². The first kappa shape index (κ1) is 12.7. The average Bonchev–Trinajstić information content (AvgIpc) is 3.02. The van der Waals surface area contributed by atoms with Crippen molar-refractivity contribution in [3.63, 3.8) is 0 Å². The number of carbonyl (C=O) groups excluding carboxylic acids is 1. The molecule has 19 heavy (non-hydrogen) atoms. The van der Waals surface area contributed by atoms with Crippen LogP contribution in [0.25, 0.3) is 0 Å². The molecule has 1 saturated heterocycles. The minimum absolute atomic E-state index is 0.183. The Morgan fingerprint density at radius 3 is 3.11 bits per heavy atom. The Balaban J connectivity index is 1.58. The van der Waals surface area contributed by atoms with Crippen LogP contribution in [-0.2, 0) is 11.3 Å². The molecular weight excluding hydrogens is 262 g/mol. The van der Waals surface area contributed by atoms with E-state index in [1.807, 2.05) is 0 Å². The van der Waals surface area contributed by atoms with Gasteiger partial charge >= 0.3 is 0 Å². The molecule has 102 valence electrons. The molecule has 1 amide bonds. The number of likely N-dealkylation sites (tertiary alicyclic amines) is 1. The SMILES string of the molecule is O=C1CCCN1Cc1nnc(S[C@@H]2C=CCCC2)o1. The predicted molar refractivity (Wildman–Crippen MR) is 71.6 cm³/mol. The third-order valence-electron chi connectivity index (χ3n) is 3.41. The molecule has 6 heteroatoms. The fourth-order valence-corrected chi connectivity index (χ4v) is 3.36. The maximum atomic E-state index is 11.5. The molecule has 0 saturated carbocycles. The molecule has 1 aromatic heterocycles. The van der Waals surface area contributed by atoms with Gasteiger partial charge in [0, 0.05) is 18.2 Å². The Morgan fingerprint density at radius 2 is 2.37 bits per heavy atom. The highest BCUT2D eigenvalue weighted by molar-refractivity contribution is 7.99.